The van der Waals surface area contributed by atoms with Gasteiger partial charge in [-0.25, -0.2) is 0 Å². The van der Waals surface area contributed by atoms with Gasteiger partial charge in [-0.05, 0) is 38.7 Å². The third kappa shape index (κ3) is 4.63. The number of hydrogen-bond donors (Lipinski definition) is 0. The van der Waals surface area contributed by atoms with Crippen LogP contribution in [0.15, 0.2) is 23.3 Å². The van der Waals surface area contributed by atoms with E-state index in [1.165, 1.54) is 11.1 Å². The molecule has 0 radical (unpaired) electrons. The van der Waals surface area contributed by atoms with Crippen molar-refractivity contribution in [2.75, 3.05) is 0 Å². The van der Waals surface area contributed by atoms with Gasteiger partial charge in [0.05, 0.1) is 0 Å². The van der Waals surface area contributed by atoms with Crippen LogP contribution < -0.4 is 0 Å². The number of hydrogen-bond acceptors (Lipinski definition) is 0. The molecule has 0 atom stereocenters. The Kier molecular flexibility index (Phi) is 4.89. The molecule has 0 aliphatic carbocycles. The van der Waals surface area contributed by atoms with Crippen molar-refractivity contribution in [1.82, 2.24) is 0 Å². The summed E-state index contributed by atoms with van der Waals surface area (Å²) in [5, 5.41) is 0. The third-order valence-corrected chi connectivity index (χ3v) is 3.18. The maximum Gasteiger partial charge on any atom is 0.0410 e. The highest BCUT2D eigenvalue weighted by atomic mass is 127. The van der Waals surface area contributed by atoms with E-state index in [0.29, 0.717) is 0 Å². The zero-order valence-corrected chi connectivity index (χ0v) is 12.7. The van der Waals surface area contributed by atoms with Gasteiger partial charge < -0.3 is 0 Å². The Bertz CT molecular complexity index is 243. The summed E-state index contributed by atoms with van der Waals surface area (Å²) >= 11 is 2.49. The van der Waals surface area contributed by atoms with Crippen molar-refractivity contribution >= 4 is 22.6 Å². The van der Waals surface area contributed by atoms with E-state index >= 15 is 0 Å². The Morgan fingerprint density at radius 2 is 1.50 bits per heavy atom. The van der Waals surface area contributed by atoms with Crippen molar-refractivity contribution in [1.29, 1.82) is 0 Å². The molecule has 0 heterocycles. The first-order chi connectivity index (χ1) is 6.09. The molecule has 0 aliphatic rings. The van der Waals surface area contributed by atoms with Crippen LogP contribution in [0.25, 0.3) is 0 Å². The minimum absolute atomic E-state index is 0.221. The summed E-state index contributed by atoms with van der Waals surface area (Å²) in [4.78, 5) is 0. The van der Waals surface area contributed by atoms with Gasteiger partial charge in [0.15, 0.2) is 0 Å². The largest absolute Gasteiger partial charge is 0.0831 e. The molecule has 14 heavy (non-hydrogen) atoms. The molecule has 82 valence electrons. The van der Waals surface area contributed by atoms with Crippen molar-refractivity contribution in [2.45, 2.75) is 51.9 Å². The number of rotatable bonds is 2. The number of alkyl halides is 1. The second-order valence-electron chi connectivity index (χ2n) is 5.29. The summed E-state index contributed by atoms with van der Waals surface area (Å²) in [6, 6.07) is 0. The second kappa shape index (κ2) is 4.82. The molecule has 0 rings (SSSR count). The molecular weight excluding hydrogens is 283 g/mol. The van der Waals surface area contributed by atoms with Gasteiger partial charge in [0.25, 0.3) is 0 Å². The quantitative estimate of drug-likeness (QED) is 0.376. The molecule has 0 saturated heterocycles. The molecule has 0 aliphatic heterocycles. The standard InChI is InChI=1S/C13H23I/c1-8-11(13(6,7)14)9-10(2)12(3,4)5/h8-9H,1-7H3/b10-9+,11-8+. The normalized spacial score (nSPS) is 16.0. The van der Waals surface area contributed by atoms with E-state index in [2.05, 4.69) is 83.2 Å². The average molecular weight is 306 g/mol. The molecule has 0 aromatic rings. The van der Waals surface area contributed by atoms with Crippen LogP contribution >= 0.6 is 22.6 Å². The zero-order valence-electron chi connectivity index (χ0n) is 10.5. The van der Waals surface area contributed by atoms with Gasteiger partial charge in [-0.1, -0.05) is 61.1 Å². The minimum atomic E-state index is 0.221. The zero-order chi connectivity index (χ0) is 11.6. The van der Waals surface area contributed by atoms with E-state index in [0.717, 1.165) is 0 Å². The van der Waals surface area contributed by atoms with Gasteiger partial charge in [0.1, 0.15) is 0 Å². The molecule has 0 saturated carbocycles. The number of halogens is 1. The average Bonchev–Trinajstić information content (AvgIpc) is 1.95. The monoisotopic (exact) mass is 306 g/mol. The maximum absolute atomic E-state index is 2.49. The van der Waals surface area contributed by atoms with Crippen molar-refractivity contribution in [3.8, 4) is 0 Å². The van der Waals surface area contributed by atoms with Crippen LogP contribution in [0.3, 0.4) is 0 Å². The van der Waals surface area contributed by atoms with Crippen molar-refractivity contribution in [2.24, 2.45) is 5.41 Å². The van der Waals surface area contributed by atoms with Crippen LogP contribution in [0.2, 0.25) is 0 Å². The second-order valence-corrected chi connectivity index (χ2v) is 7.99. The van der Waals surface area contributed by atoms with Crippen LogP contribution in [-0.2, 0) is 0 Å². The molecule has 0 unspecified atom stereocenters. The summed E-state index contributed by atoms with van der Waals surface area (Å²) in [5.74, 6) is 0. The summed E-state index contributed by atoms with van der Waals surface area (Å²) < 4.78 is 0.221. The predicted molar refractivity (Wildman–Crippen MR) is 75.1 cm³/mol. The smallest absolute Gasteiger partial charge is 0.0410 e. The first-order valence-corrected chi connectivity index (χ1v) is 6.21. The number of allylic oxidation sites excluding steroid dienone is 4. The Balaban J connectivity index is 4.99. The predicted octanol–water partition coefficient (Wildman–Crippen LogP) is 5.14. The Morgan fingerprint density at radius 1 is 1.07 bits per heavy atom. The highest BCUT2D eigenvalue weighted by Gasteiger charge is 2.19. The highest BCUT2D eigenvalue weighted by molar-refractivity contribution is 14.1. The lowest BCUT2D eigenvalue weighted by molar-refractivity contribution is 0.503. The molecule has 0 amide bonds. The maximum atomic E-state index is 2.49. The van der Waals surface area contributed by atoms with Gasteiger partial charge in [-0.3, -0.25) is 0 Å². The van der Waals surface area contributed by atoms with Gasteiger partial charge in [-0.2, -0.15) is 0 Å². The molecule has 0 spiro atoms. The van der Waals surface area contributed by atoms with Crippen LogP contribution in [0.1, 0.15) is 48.5 Å². The summed E-state index contributed by atoms with van der Waals surface area (Å²) in [6.45, 7) is 15.6. The van der Waals surface area contributed by atoms with E-state index < -0.39 is 0 Å². The van der Waals surface area contributed by atoms with Gasteiger partial charge in [0.2, 0.25) is 0 Å². The molecule has 0 N–H and O–H groups in total. The van der Waals surface area contributed by atoms with E-state index in [9.17, 15) is 0 Å². The Hall–Kier alpha value is 0.210. The van der Waals surface area contributed by atoms with Crippen LogP contribution in [-0.4, -0.2) is 3.42 Å². The van der Waals surface area contributed by atoms with E-state index in [4.69, 9.17) is 0 Å². The fourth-order valence-electron chi connectivity index (χ4n) is 1.05. The van der Waals surface area contributed by atoms with Gasteiger partial charge in [0, 0.05) is 3.42 Å². The van der Waals surface area contributed by atoms with Crippen LogP contribution in [0.5, 0.6) is 0 Å². The van der Waals surface area contributed by atoms with E-state index in [-0.39, 0.29) is 8.84 Å². The molecule has 0 fully saturated rings. The van der Waals surface area contributed by atoms with Gasteiger partial charge in [-0.15, -0.1) is 0 Å². The fraction of sp³-hybridized carbons (Fsp3) is 0.692. The first kappa shape index (κ1) is 14.2. The molecule has 0 aromatic carbocycles. The van der Waals surface area contributed by atoms with Crippen LogP contribution in [0, 0.1) is 5.41 Å². The SMILES string of the molecule is C/C=C(\C=C(/C)C(C)(C)C)C(C)(C)I. The Morgan fingerprint density at radius 3 is 1.71 bits per heavy atom. The molecule has 0 aromatic heterocycles. The van der Waals surface area contributed by atoms with Crippen molar-refractivity contribution in [3.63, 3.8) is 0 Å². The lowest BCUT2D eigenvalue weighted by Crippen LogP contribution is -2.14. The molecule has 0 bridgehead atoms. The third-order valence-electron chi connectivity index (χ3n) is 2.55. The first-order valence-electron chi connectivity index (χ1n) is 5.13. The van der Waals surface area contributed by atoms with Crippen molar-refractivity contribution < 1.29 is 0 Å². The lowest BCUT2D eigenvalue weighted by Gasteiger charge is -2.24. The summed E-state index contributed by atoms with van der Waals surface area (Å²) in [5.41, 5.74) is 3.12. The molecule has 1 heteroatoms. The topological polar surface area (TPSA) is 0 Å². The lowest BCUT2D eigenvalue weighted by atomic mass is 9.85. The fourth-order valence-corrected chi connectivity index (χ4v) is 1.52. The van der Waals surface area contributed by atoms with E-state index in [1.54, 1.807) is 0 Å². The molecular formula is C13H23I. The minimum Gasteiger partial charge on any atom is -0.0831 e. The van der Waals surface area contributed by atoms with Crippen LogP contribution in [0.4, 0.5) is 0 Å². The van der Waals surface area contributed by atoms with E-state index in [1.807, 2.05) is 0 Å². The van der Waals surface area contributed by atoms with Crippen molar-refractivity contribution in [3.05, 3.63) is 23.3 Å². The summed E-state index contributed by atoms with van der Waals surface area (Å²) in [6.07, 6.45) is 4.54. The molecule has 0 nitrogen and oxygen atoms in total. The highest BCUT2D eigenvalue weighted by Crippen LogP contribution is 2.32. The van der Waals surface area contributed by atoms with Gasteiger partial charge >= 0.3 is 0 Å². The summed E-state index contributed by atoms with van der Waals surface area (Å²) in [7, 11) is 0. The Labute approximate surface area is 103 Å².